The molecule has 15 heavy (non-hydrogen) atoms. The van der Waals surface area contributed by atoms with Crippen LogP contribution in [0, 0.1) is 5.92 Å². The maximum absolute atomic E-state index is 11.6. The van der Waals surface area contributed by atoms with Gasteiger partial charge in [0, 0.05) is 6.42 Å². The second kappa shape index (κ2) is 3.96. The zero-order chi connectivity index (χ0) is 11.7. The lowest BCUT2D eigenvalue weighted by atomic mass is 10.1. The van der Waals surface area contributed by atoms with E-state index in [1.807, 2.05) is 6.92 Å². The van der Waals surface area contributed by atoms with Crippen LogP contribution in [0.2, 0.25) is 0 Å². The molecule has 86 valence electrons. The van der Waals surface area contributed by atoms with E-state index in [1.54, 1.807) is 13.0 Å². The largest absolute Gasteiger partial charge is 0.274 e. The SMILES string of the molecule is C=CC(C)CC(=O)NS(=O)(=O)C1(C)CC1. The number of amides is 1. The maximum Gasteiger partial charge on any atom is 0.240 e. The molecular weight excluding hydrogens is 214 g/mol. The maximum atomic E-state index is 11.6. The van der Waals surface area contributed by atoms with Crippen molar-refractivity contribution in [3.8, 4) is 0 Å². The lowest BCUT2D eigenvalue weighted by molar-refractivity contribution is -0.119. The van der Waals surface area contributed by atoms with Gasteiger partial charge in [0.15, 0.2) is 0 Å². The summed E-state index contributed by atoms with van der Waals surface area (Å²) in [5.74, 6) is -0.456. The fourth-order valence-electron chi connectivity index (χ4n) is 1.14. The number of nitrogens with one attached hydrogen (secondary N) is 1. The van der Waals surface area contributed by atoms with Gasteiger partial charge in [-0.15, -0.1) is 6.58 Å². The predicted molar refractivity (Wildman–Crippen MR) is 58.7 cm³/mol. The molecule has 0 saturated heterocycles. The Morgan fingerprint density at radius 3 is 2.53 bits per heavy atom. The van der Waals surface area contributed by atoms with E-state index >= 15 is 0 Å². The van der Waals surface area contributed by atoms with Crippen LogP contribution in [0.3, 0.4) is 0 Å². The Morgan fingerprint density at radius 2 is 2.13 bits per heavy atom. The molecule has 0 spiro atoms. The molecule has 1 unspecified atom stereocenters. The Labute approximate surface area is 90.8 Å². The molecular formula is C10H17NO3S. The van der Waals surface area contributed by atoms with Gasteiger partial charge in [-0.2, -0.15) is 0 Å². The third-order valence-electron chi connectivity index (χ3n) is 2.76. The highest BCUT2D eigenvalue weighted by atomic mass is 32.2. The second-order valence-corrected chi connectivity index (χ2v) is 6.59. The van der Waals surface area contributed by atoms with Crippen LogP contribution in [0.15, 0.2) is 12.7 Å². The molecule has 1 fully saturated rings. The van der Waals surface area contributed by atoms with Crippen LogP contribution in [0.1, 0.15) is 33.1 Å². The van der Waals surface area contributed by atoms with Crippen LogP contribution < -0.4 is 4.72 Å². The monoisotopic (exact) mass is 231 g/mol. The van der Waals surface area contributed by atoms with Gasteiger partial charge < -0.3 is 0 Å². The summed E-state index contributed by atoms with van der Waals surface area (Å²) in [6, 6.07) is 0. The van der Waals surface area contributed by atoms with Crippen molar-refractivity contribution in [2.45, 2.75) is 37.9 Å². The van der Waals surface area contributed by atoms with E-state index in [1.165, 1.54) is 0 Å². The van der Waals surface area contributed by atoms with Crippen molar-refractivity contribution in [2.24, 2.45) is 5.92 Å². The van der Waals surface area contributed by atoms with Gasteiger partial charge in [0.05, 0.1) is 4.75 Å². The first-order valence-corrected chi connectivity index (χ1v) is 6.47. The van der Waals surface area contributed by atoms with Crippen molar-refractivity contribution in [3.05, 3.63) is 12.7 Å². The van der Waals surface area contributed by atoms with E-state index in [4.69, 9.17) is 0 Å². The van der Waals surface area contributed by atoms with Crippen molar-refractivity contribution >= 4 is 15.9 Å². The summed E-state index contributed by atoms with van der Waals surface area (Å²) in [5, 5.41) is 0. The molecule has 0 aromatic carbocycles. The van der Waals surface area contributed by atoms with Crippen molar-refractivity contribution in [1.82, 2.24) is 4.72 Å². The molecule has 1 atom stereocenters. The zero-order valence-corrected chi connectivity index (χ0v) is 9.93. The second-order valence-electron chi connectivity index (χ2n) is 4.40. The molecule has 0 heterocycles. The van der Waals surface area contributed by atoms with Crippen LogP contribution in [-0.4, -0.2) is 19.1 Å². The minimum absolute atomic E-state index is 0.00721. The molecule has 5 heteroatoms. The van der Waals surface area contributed by atoms with Crippen LogP contribution in [0.25, 0.3) is 0 Å². The highest BCUT2D eigenvalue weighted by Gasteiger charge is 2.50. The van der Waals surface area contributed by atoms with Gasteiger partial charge in [-0.05, 0) is 25.7 Å². The highest BCUT2D eigenvalue weighted by molar-refractivity contribution is 7.91. The van der Waals surface area contributed by atoms with Crippen molar-refractivity contribution in [2.75, 3.05) is 0 Å². The number of sulfonamides is 1. The summed E-state index contributed by atoms with van der Waals surface area (Å²) in [5.41, 5.74) is 0. The average molecular weight is 231 g/mol. The molecule has 0 aromatic rings. The number of allylic oxidation sites excluding steroid dienone is 1. The van der Waals surface area contributed by atoms with Gasteiger partial charge >= 0.3 is 0 Å². The molecule has 4 nitrogen and oxygen atoms in total. The van der Waals surface area contributed by atoms with E-state index in [0.29, 0.717) is 12.8 Å². The molecule has 0 aromatic heterocycles. The van der Waals surface area contributed by atoms with E-state index in [-0.39, 0.29) is 12.3 Å². The summed E-state index contributed by atoms with van der Waals surface area (Å²) < 4.78 is 24.7. The third-order valence-corrected chi connectivity index (χ3v) is 4.96. The minimum atomic E-state index is -3.47. The Morgan fingerprint density at radius 1 is 1.60 bits per heavy atom. The van der Waals surface area contributed by atoms with Gasteiger partial charge in [0.1, 0.15) is 0 Å². The van der Waals surface area contributed by atoms with E-state index in [2.05, 4.69) is 11.3 Å². The van der Waals surface area contributed by atoms with E-state index < -0.39 is 20.7 Å². The van der Waals surface area contributed by atoms with Crippen LogP contribution >= 0.6 is 0 Å². The normalized spacial score (nSPS) is 20.4. The molecule has 0 aliphatic heterocycles. The highest BCUT2D eigenvalue weighted by Crippen LogP contribution is 2.42. The summed E-state index contributed by atoms with van der Waals surface area (Å²) in [6.45, 7) is 7.01. The Hall–Kier alpha value is -0.840. The number of carbonyl (C=O) groups is 1. The Bertz CT molecular complexity index is 368. The van der Waals surface area contributed by atoms with Crippen LogP contribution in [-0.2, 0) is 14.8 Å². The van der Waals surface area contributed by atoms with Crippen LogP contribution in [0.5, 0.6) is 0 Å². The molecule has 0 radical (unpaired) electrons. The van der Waals surface area contributed by atoms with Crippen LogP contribution in [0.4, 0.5) is 0 Å². The summed E-state index contributed by atoms with van der Waals surface area (Å²) in [7, 11) is -3.47. The summed E-state index contributed by atoms with van der Waals surface area (Å²) >= 11 is 0. The third kappa shape index (κ3) is 2.81. The average Bonchev–Trinajstić information content (AvgIpc) is 2.83. The minimum Gasteiger partial charge on any atom is -0.274 e. The zero-order valence-electron chi connectivity index (χ0n) is 9.12. The number of carbonyl (C=O) groups excluding carboxylic acids is 1. The molecule has 1 rings (SSSR count). The van der Waals surface area contributed by atoms with Crippen molar-refractivity contribution in [1.29, 1.82) is 0 Å². The number of hydrogen-bond acceptors (Lipinski definition) is 3. The fourth-order valence-corrected chi connectivity index (χ4v) is 2.40. The molecule has 0 bridgehead atoms. The topological polar surface area (TPSA) is 63.2 Å². The standard InChI is InChI=1S/C10H17NO3S/c1-4-8(2)7-9(12)11-15(13,14)10(3)5-6-10/h4,8H,1,5-7H2,2-3H3,(H,11,12). The van der Waals surface area contributed by atoms with Crippen molar-refractivity contribution < 1.29 is 13.2 Å². The predicted octanol–water partition coefficient (Wildman–Crippen LogP) is 1.20. The first-order valence-electron chi connectivity index (χ1n) is 4.98. The van der Waals surface area contributed by atoms with Gasteiger partial charge in [-0.1, -0.05) is 13.0 Å². The van der Waals surface area contributed by atoms with Gasteiger partial charge in [-0.3, -0.25) is 9.52 Å². The molecule has 1 amide bonds. The van der Waals surface area contributed by atoms with Gasteiger partial charge in [0.2, 0.25) is 15.9 Å². The fraction of sp³-hybridized carbons (Fsp3) is 0.700. The lowest BCUT2D eigenvalue weighted by Crippen LogP contribution is -2.38. The van der Waals surface area contributed by atoms with E-state index in [0.717, 1.165) is 0 Å². The quantitative estimate of drug-likeness (QED) is 0.723. The van der Waals surface area contributed by atoms with Gasteiger partial charge in [0.25, 0.3) is 0 Å². The Kier molecular flexibility index (Phi) is 3.23. The summed E-state index contributed by atoms with van der Waals surface area (Å²) in [4.78, 5) is 11.4. The summed E-state index contributed by atoms with van der Waals surface area (Å²) in [6.07, 6.45) is 3.06. The molecule has 1 aliphatic carbocycles. The Balaban J connectivity index is 2.55. The van der Waals surface area contributed by atoms with Gasteiger partial charge in [-0.25, -0.2) is 8.42 Å². The smallest absolute Gasteiger partial charge is 0.240 e. The molecule has 1 aliphatic rings. The molecule has 1 saturated carbocycles. The first-order chi connectivity index (χ1) is 6.81. The van der Waals surface area contributed by atoms with E-state index in [9.17, 15) is 13.2 Å². The first kappa shape index (κ1) is 12.2. The number of hydrogen-bond donors (Lipinski definition) is 1. The molecule has 1 N–H and O–H groups in total. The van der Waals surface area contributed by atoms with Crippen molar-refractivity contribution in [3.63, 3.8) is 0 Å². The lowest BCUT2D eigenvalue weighted by Gasteiger charge is -2.12. The number of rotatable bonds is 5.